The van der Waals surface area contributed by atoms with Crippen LogP contribution >= 0.6 is 24.2 Å². The highest BCUT2D eigenvalue weighted by Crippen LogP contribution is 2.30. The molecule has 1 saturated heterocycles. The van der Waals surface area contributed by atoms with Crippen molar-refractivity contribution in [3.05, 3.63) is 39.7 Å². The van der Waals surface area contributed by atoms with Gasteiger partial charge in [-0.3, -0.25) is 4.79 Å². The maximum Gasteiger partial charge on any atom is 0.252 e. The Balaban J connectivity index is 0.00000210. The van der Waals surface area contributed by atoms with Crippen LogP contribution in [-0.4, -0.2) is 55.1 Å². The summed E-state index contributed by atoms with van der Waals surface area (Å²) in [6.45, 7) is 3.90. The van der Waals surface area contributed by atoms with Crippen molar-refractivity contribution >= 4 is 35.1 Å². The second kappa shape index (κ2) is 9.32. The van der Waals surface area contributed by atoms with Crippen LogP contribution in [0.15, 0.2) is 23.0 Å². The quantitative estimate of drug-likeness (QED) is 0.820. The van der Waals surface area contributed by atoms with E-state index >= 15 is 0 Å². The molecule has 1 aromatic heterocycles. The van der Waals surface area contributed by atoms with E-state index in [1.54, 1.807) is 7.11 Å². The van der Waals surface area contributed by atoms with Gasteiger partial charge in [-0.25, -0.2) is 0 Å². The zero-order valence-corrected chi connectivity index (χ0v) is 17.3. The molecule has 0 unspecified atom stereocenters. The van der Waals surface area contributed by atoms with Crippen LogP contribution in [0, 0.1) is 0 Å². The third-order valence-corrected chi connectivity index (χ3v) is 6.38. The number of thioether (sulfide) groups is 1. The van der Waals surface area contributed by atoms with Gasteiger partial charge in [-0.05, 0) is 48.8 Å². The molecule has 0 bridgehead atoms. The Hall–Kier alpha value is -1.21. The average Bonchev–Trinajstić information content (AvgIpc) is 2.68. The molecule has 0 aliphatic carbocycles. The van der Waals surface area contributed by atoms with Crippen LogP contribution in [0.1, 0.15) is 24.0 Å². The van der Waals surface area contributed by atoms with Gasteiger partial charge in [0.1, 0.15) is 11.9 Å². The van der Waals surface area contributed by atoms with Crippen molar-refractivity contribution < 1.29 is 9.47 Å². The summed E-state index contributed by atoms with van der Waals surface area (Å²) in [5.41, 5.74) is 3.14. The van der Waals surface area contributed by atoms with E-state index in [0.717, 1.165) is 79.2 Å². The van der Waals surface area contributed by atoms with Gasteiger partial charge >= 0.3 is 0 Å². The predicted molar refractivity (Wildman–Crippen MR) is 114 cm³/mol. The largest absolute Gasteiger partial charge is 0.490 e. The highest BCUT2D eigenvalue weighted by molar-refractivity contribution is 7.98. The highest BCUT2D eigenvalue weighted by Gasteiger charge is 2.21. The summed E-state index contributed by atoms with van der Waals surface area (Å²) in [6, 6.07) is 6.10. The maximum atomic E-state index is 12.3. The number of aryl methyl sites for hydroxylation is 1. The summed E-state index contributed by atoms with van der Waals surface area (Å²) in [6.07, 6.45) is 3.31. The number of benzene rings is 1. The highest BCUT2D eigenvalue weighted by atomic mass is 35.5. The molecule has 2 aliphatic heterocycles. The molecule has 27 heavy (non-hydrogen) atoms. The molecule has 148 valence electrons. The van der Waals surface area contributed by atoms with Crippen LogP contribution in [0.2, 0.25) is 0 Å². The number of hydrogen-bond acceptors (Lipinski definition) is 5. The molecule has 3 heterocycles. The molecule has 7 heteroatoms. The number of aromatic nitrogens is 1. The predicted octanol–water partition coefficient (Wildman–Crippen LogP) is 3.23. The van der Waals surface area contributed by atoms with E-state index in [-0.39, 0.29) is 24.1 Å². The standard InChI is InChI=1S/C20H26N2O3S.ClH/c1-24-10-9-22-7-4-14(5-8-22)25-15-2-3-19-17(12-15)16-6-11-26-13-18(16)20(23)21-19;/h2-3,12,14H,4-11,13H2,1H3,(H,21,23);1H. The Bertz CT molecular complexity index is 834. The van der Waals surface area contributed by atoms with Crippen LogP contribution < -0.4 is 10.3 Å². The van der Waals surface area contributed by atoms with Gasteiger partial charge in [0.25, 0.3) is 5.56 Å². The number of hydrogen-bond donors (Lipinski definition) is 1. The summed E-state index contributed by atoms with van der Waals surface area (Å²) in [5.74, 6) is 2.81. The minimum absolute atomic E-state index is 0. The summed E-state index contributed by atoms with van der Waals surface area (Å²) < 4.78 is 11.4. The van der Waals surface area contributed by atoms with E-state index in [9.17, 15) is 4.79 Å². The van der Waals surface area contributed by atoms with Crippen molar-refractivity contribution in [2.45, 2.75) is 31.1 Å². The third-order valence-electron chi connectivity index (χ3n) is 5.39. The number of methoxy groups -OCH3 is 1. The molecule has 0 amide bonds. The fraction of sp³-hybridized carbons (Fsp3) is 0.550. The molecule has 1 fully saturated rings. The van der Waals surface area contributed by atoms with Gasteiger partial charge in [-0.1, -0.05) is 0 Å². The first-order chi connectivity index (χ1) is 12.7. The molecular formula is C20H27ClN2O3S. The van der Waals surface area contributed by atoms with Gasteiger partial charge in [0.05, 0.1) is 6.61 Å². The first kappa shape index (κ1) is 20.5. The molecule has 1 aromatic carbocycles. The smallest absolute Gasteiger partial charge is 0.252 e. The third kappa shape index (κ3) is 4.62. The first-order valence-electron chi connectivity index (χ1n) is 9.38. The van der Waals surface area contributed by atoms with Crippen LogP contribution in [0.5, 0.6) is 5.75 Å². The van der Waals surface area contributed by atoms with E-state index in [2.05, 4.69) is 16.0 Å². The summed E-state index contributed by atoms with van der Waals surface area (Å²) >= 11 is 1.83. The van der Waals surface area contributed by atoms with E-state index in [1.165, 1.54) is 5.56 Å². The van der Waals surface area contributed by atoms with Gasteiger partial charge in [0.2, 0.25) is 0 Å². The van der Waals surface area contributed by atoms with E-state index in [1.807, 2.05) is 23.9 Å². The number of aromatic amines is 1. The molecule has 1 N–H and O–H groups in total. The maximum absolute atomic E-state index is 12.3. The van der Waals surface area contributed by atoms with Crippen molar-refractivity contribution in [3.63, 3.8) is 0 Å². The minimum atomic E-state index is 0. The summed E-state index contributed by atoms with van der Waals surface area (Å²) in [7, 11) is 1.75. The molecule has 2 aromatic rings. The zero-order chi connectivity index (χ0) is 17.9. The molecular weight excluding hydrogens is 384 g/mol. The average molecular weight is 411 g/mol. The van der Waals surface area contributed by atoms with E-state index < -0.39 is 0 Å². The Morgan fingerprint density at radius 2 is 2.07 bits per heavy atom. The van der Waals surface area contributed by atoms with E-state index in [0.29, 0.717) is 0 Å². The topological polar surface area (TPSA) is 54.6 Å². The first-order valence-corrected chi connectivity index (χ1v) is 10.5. The SMILES string of the molecule is COCCN1CCC(Oc2ccc3[nH]c(=O)c4c(c3c2)CCSC4)CC1.Cl. The lowest BCUT2D eigenvalue weighted by Gasteiger charge is -2.32. The summed E-state index contributed by atoms with van der Waals surface area (Å²) in [5, 5.41) is 1.15. The number of H-pyrrole nitrogens is 1. The second-order valence-electron chi connectivity index (χ2n) is 7.07. The Morgan fingerprint density at radius 3 is 2.85 bits per heavy atom. The van der Waals surface area contributed by atoms with Crippen LogP contribution in [0.3, 0.4) is 0 Å². The molecule has 2 aliphatic rings. The van der Waals surface area contributed by atoms with Crippen molar-refractivity contribution in [1.82, 2.24) is 9.88 Å². The molecule has 0 spiro atoms. The fourth-order valence-corrected chi connectivity index (χ4v) is 4.91. The number of likely N-dealkylation sites (tertiary alicyclic amines) is 1. The second-order valence-corrected chi connectivity index (χ2v) is 8.18. The molecule has 0 radical (unpaired) electrons. The number of piperidine rings is 1. The monoisotopic (exact) mass is 410 g/mol. The van der Waals surface area contributed by atoms with Gasteiger partial charge in [0, 0.05) is 49.0 Å². The number of fused-ring (bicyclic) bond motifs is 3. The van der Waals surface area contributed by atoms with Crippen molar-refractivity contribution in [2.75, 3.05) is 39.1 Å². The minimum Gasteiger partial charge on any atom is -0.490 e. The lowest BCUT2D eigenvalue weighted by Crippen LogP contribution is -2.39. The zero-order valence-electron chi connectivity index (χ0n) is 15.7. The van der Waals surface area contributed by atoms with Gasteiger partial charge in [-0.2, -0.15) is 11.8 Å². The summed E-state index contributed by atoms with van der Waals surface area (Å²) in [4.78, 5) is 17.7. The molecule has 4 rings (SSSR count). The Kier molecular flexibility index (Phi) is 7.09. The fourth-order valence-electron chi connectivity index (χ4n) is 3.90. The number of halogens is 1. The van der Waals surface area contributed by atoms with Crippen LogP contribution in [0.4, 0.5) is 0 Å². The normalized spacial score (nSPS) is 18.1. The van der Waals surface area contributed by atoms with Crippen molar-refractivity contribution in [1.29, 1.82) is 0 Å². The van der Waals surface area contributed by atoms with E-state index in [4.69, 9.17) is 9.47 Å². The molecule has 5 nitrogen and oxygen atoms in total. The van der Waals surface area contributed by atoms with Gasteiger partial charge in [-0.15, -0.1) is 12.4 Å². The Labute approximate surface area is 170 Å². The number of pyridine rings is 1. The van der Waals surface area contributed by atoms with Gasteiger partial charge < -0.3 is 19.4 Å². The molecule has 0 saturated carbocycles. The van der Waals surface area contributed by atoms with Crippen molar-refractivity contribution in [3.8, 4) is 5.75 Å². The van der Waals surface area contributed by atoms with Crippen molar-refractivity contribution in [2.24, 2.45) is 0 Å². The lowest BCUT2D eigenvalue weighted by atomic mass is 10.0. The number of ether oxygens (including phenoxy) is 2. The van der Waals surface area contributed by atoms with Crippen LogP contribution in [0.25, 0.3) is 10.9 Å². The number of nitrogens with one attached hydrogen (secondary N) is 1. The lowest BCUT2D eigenvalue weighted by molar-refractivity contribution is 0.0798. The number of nitrogens with zero attached hydrogens (tertiary/aromatic N) is 1. The van der Waals surface area contributed by atoms with Gasteiger partial charge in [0.15, 0.2) is 0 Å². The molecule has 0 atom stereocenters. The Morgan fingerprint density at radius 1 is 1.26 bits per heavy atom. The van der Waals surface area contributed by atoms with Crippen LogP contribution in [-0.2, 0) is 16.9 Å². The number of rotatable bonds is 5.